The van der Waals surface area contributed by atoms with Gasteiger partial charge in [0.15, 0.2) is 10.3 Å². The molecule has 3 aromatic carbocycles. The highest BCUT2D eigenvalue weighted by Crippen LogP contribution is 2.34. The van der Waals surface area contributed by atoms with Crippen molar-refractivity contribution in [2.24, 2.45) is 0 Å². The number of hydrogen-bond acceptors (Lipinski definition) is 8. The van der Waals surface area contributed by atoms with Gasteiger partial charge in [0.2, 0.25) is 15.9 Å². The molecular formula is C29H29N5O4S3. The average molecular weight is 608 g/mol. The molecule has 0 spiro atoms. The number of rotatable bonds is 11. The second-order valence-electron chi connectivity index (χ2n) is 8.88. The zero-order valence-electron chi connectivity index (χ0n) is 22.8. The number of thioether (sulfide) groups is 1. The van der Waals surface area contributed by atoms with E-state index in [-0.39, 0.29) is 16.6 Å². The molecular weight excluding hydrogens is 579 g/mol. The Morgan fingerprint density at radius 2 is 1.76 bits per heavy atom. The van der Waals surface area contributed by atoms with Gasteiger partial charge >= 0.3 is 0 Å². The van der Waals surface area contributed by atoms with E-state index in [2.05, 4.69) is 10.3 Å². The summed E-state index contributed by atoms with van der Waals surface area (Å²) in [6.07, 6.45) is 0. The van der Waals surface area contributed by atoms with Crippen LogP contribution in [0.5, 0.6) is 5.75 Å². The lowest BCUT2D eigenvalue weighted by Gasteiger charge is -2.18. The largest absolute Gasteiger partial charge is 0.495 e. The van der Waals surface area contributed by atoms with Crippen LogP contribution in [0.4, 0.5) is 5.13 Å². The molecule has 0 bridgehead atoms. The van der Waals surface area contributed by atoms with Gasteiger partial charge in [-0.1, -0.05) is 68.1 Å². The number of thiazole rings is 1. The number of hydrogen-bond donors (Lipinski definition) is 1. The molecule has 1 amide bonds. The predicted octanol–water partition coefficient (Wildman–Crippen LogP) is 5.92. The zero-order valence-corrected chi connectivity index (χ0v) is 25.2. The van der Waals surface area contributed by atoms with Crippen LogP contribution in [0, 0.1) is 0 Å². The molecule has 12 heteroatoms. The van der Waals surface area contributed by atoms with Crippen LogP contribution < -0.4 is 10.1 Å². The van der Waals surface area contributed by atoms with Crippen molar-refractivity contribution in [1.29, 1.82) is 0 Å². The van der Waals surface area contributed by atoms with Crippen molar-refractivity contribution in [1.82, 2.24) is 18.8 Å². The molecule has 0 radical (unpaired) electrons. The van der Waals surface area contributed by atoms with Gasteiger partial charge in [-0.3, -0.25) is 9.36 Å². The summed E-state index contributed by atoms with van der Waals surface area (Å²) < 4.78 is 35.3. The highest BCUT2D eigenvalue weighted by atomic mass is 32.2. The number of methoxy groups -OCH3 is 1. The topological polar surface area (TPSA) is 106 Å². The molecule has 212 valence electrons. The zero-order chi connectivity index (χ0) is 29.0. The third-order valence-electron chi connectivity index (χ3n) is 6.42. The van der Waals surface area contributed by atoms with Crippen LogP contribution in [-0.2, 0) is 14.8 Å². The quantitative estimate of drug-likeness (QED) is 0.186. The van der Waals surface area contributed by atoms with Crippen molar-refractivity contribution >= 4 is 55.2 Å². The Hall–Kier alpha value is -3.71. The normalized spacial score (nSPS) is 11.7. The summed E-state index contributed by atoms with van der Waals surface area (Å²) in [7, 11) is -2.08. The number of fused-ring (bicyclic) bond motifs is 1. The smallest absolute Gasteiger partial charge is 0.243 e. The van der Waals surface area contributed by atoms with Gasteiger partial charge in [-0.2, -0.15) is 4.31 Å². The van der Waals surface area contributed by atoms with E-state index in [4.69, 9.17) is 9.72 Å². The fraction of sp³-hybridized carbons (Fsp3) is 0.207. The number of sulfonamides is 1. The summed E-state index contributed by atoms with van der Waals surface area (Å²) in [5.41, 5.74) is 3.70. The van der Waals surface area contributed by atoms with Crippen LogP contribution >= 0.6 is 23.1 Å². The number of imidazole rings is 1. The summed E-state index contributed by atoms with van der Waals surface area (Å²) in [5, 5.41) is 5.82. The molecule has 0 unspecified atom stereocenters. The predicted molar refractivity (Wildman–Crippen MR) is 165 cm³/mol. The van der Waals surface area contributed by atoms with Gasteiger partial charge in [0.25, 0.3) is 0 Å². The molecule has 0 saturated carbocycles. The van der Waals surface area contributed by atoms with E-state index in [1.807, 2.05) is 78.4 Å². The summed E-state index contributed by atoms with van der Waals surface area (Å²) in [6, 6.07) is 22.2. The molecule has 5 aromatic rings. The van der Waals surface area contributed by atoms with Gasteiger partial charge < -0.3 is 10.1 Å². The maximum Gasteiger partial charge on any atom is 0.243 e. The molecule has 0 aliphatic rings. The minimum atomic E-state index is -3.67. The highest BCUT2D eigenvalue weighted by Gasteiger charge is 2.24. The molecule has 0 fully saturated rings. The minimum absolute atomic E-state index is 0.0727. The number of nitrogens with one attached hydrogen (secondary N) is 1. The van der Waals surface area contributed by atoms with Gasteiger partial charge in [0.05, 0.1) is 40.2 Å². The Morgan fingerprint density at radius 1 is 1.02 bits per heavy atom. The highest BCUT2D eigenvalue weighted by molar-refractivity contribution is 7.99. The maximum atomic E-state index is 13.2. The molecule has 0 saturated heterocycles. The maximum absolute atomic E-state index is 13.2. The minimum Gasteiger partial charge on any atom is -0.495 e. The second kappa shape index (κ2) is 12.4. The summed E-state index contributed by atoms with van der Waals surface area (Å²) >= 11 is 2.61. The molecule has 1 N–H and O–H groups in total. The van der Waals surface area contributed by atoms with Crippen LogP contribution in [0.3, 0.4) is 0 Å². The van der Waals surface area contributed by atoms with Crippen molar-refractivity contribution in [2.45, 2.75) is 23.9 Å². The van der Waals surface area contributed by atoms with Crippen molar-refractivity contribution in [3.05, 3.63) is 78.2 Å². The standard InChI is InChI=1S/C29H29N5O4S3/c1-4-33(5-2)41(36,37)21-15-16-24-22(17-21)31-29(34(24)25-13-9-10-14-26(25)38-3)40-19-27(35)32-28-30-23(18-39-28)20-11-7-6-8-12-20/h6-18H,4-5,19H2,1-3H3,(H,30,32,35). The van der Waals surface area contributed by atoms with E-state index in [0.717, 1.165) is 16.9 Å². The molecule has 41 heavy (non-hydrogen) atoms. The van der Waals surface area contributed by atoms with Crippen LogP contribution in [0.25, 0.3) is 28.0 Å². The monoisotopic (exact) mass is 607 g/mol. The van der Waals surface area contributed by atoms with E-state index < -0.39 is 10.0 Å². The van der Waals surface area contributed by atoms with Gasteiger partial charge in [0.1, 0.15) is 5.75 Å². The number of carbonyl (C=O) groups is 1. The Labute approximate surface area is 247 Å². The number of nitrogens with zero attached hydrogens (tertiary/aromatic N) is 4. The number of aromatic nitrogens is 3. The molecule has 2 aromatic heterocycles. The van der Waals surface area contributed by atoms with Crippen molar-refractivity contribution in [3.63, 3.8) is 0 Å². The first-order valence-electron chi connectivity index (χ1n) is 12.9. The third-order valence-corrected chi connectivity index (χ3v) is 10.2. The molecule has 0 atom stereocenters. The van der Waals surface area contributed by atoms with E-state index in [1.165, 1.54) is 27.4 Å². The molecule has 0 aliphatic heterocycles. The number of para-hydroxylation sites is 2. The average Bonchev–Trinajstić information content (AvgIpc) is 3.61. The van der Waals surface area contributed by atoms with Gasteiger partial charge in [-0.15, -0.1) is 11.3 Å². The molecule has 0 aliphatic carbocycles. The number of amides is 1. The van der Waals surface area contributed by atoms with Gasteiger partial charge in [0, 0.05) is 24.0 Å². The Bertz CT molecular complexity index is 1780. The van der Waals surface area contributed by atoms with E-state index in [0.29, 0.717) is 40.2 Å². The lowest BCUT2D eigenvalue weighted by atomic mass is 10.2. The number of anilines is 1. The number of benzene rings is 3. The molecule has 2 heterocycles. The van der Waals surface area contributed by atoms with Crippen molar-refractivity contribution < 1.29 is 17.9 Å². The van der Waals surface area contributed by atoms with E-state index in [1.54, 1.807) is 25.3 Å². The Morgan fingerprint density at radius 3 is 2.49 bits per heavy atom. The fourth-order valence-corrected chi connectivity index (χ4v) is 7.45. The van der Waals surface area contributed by atoms with Crippen LogP contribution in [0.15, 0.2) is 88.2 Å². The van der Waals surface area contributed by atoms with E-state index in [9.17, 15) is 13.2 Å². The van der Waals surface area contributed by atoms with Crippen molar-refractivity contribution in [3.8, 4) is 22.7 Å². The lowest BCUT2D eigenvalue weighted by Crippen LogP contribution is -2.30. The third kappa shape index (κ3) is 6.01. The molecule has 5 rings (SSSR count). The Balaban J connectivity index is 1.45. The number of carbonyl (C=O) groups excluding carboxylic acids is 1. The molecule has 9 nitrogen and oxygen atoms in total. The second-order valence-corrected chi connectivity index (χ2v) is 12.6. The lowest BCUT2D eigenvalue weighted by molar-refractivity contribution is -0.113. The summed E-state index contributed by atoms with van der Waals surface area (Å²) in [6.45, 7) is 4.36. The first-order chi connectivity index (χ1) is 19.8. The number of ether oxygens (including phenoxy) is 1. The SMILES string of the molecule is CCN(CC)S(=O)(=O)c1ccc2c(c1)nc(SCC(=O)Nc1nc(-c3ccccc3)cs1)n2-c1ccccc1OC. The van der Waals surface area contributed by atoms with E-state index >= 15 is 0 Å². The fourth-order valence-electron chi connectivity index (χ4n) is 4.41. The summed E-state index contributed by atoms with van der Waals surface area (Å²) in [5.74, 6) is 0.463. The van der Waals surface area contributed by atoms with Crippen LogP contribution in [-0.4, -0.2) is 59.1 Å². The van der Waals surface area contributed by atoms with Crippen molar-refractivity contribution in [2.75, 3.05) is 31.3 Å². The van der Waals surface area contributed by atoms with Gasteiger partial charge in [-0.25, -0.2) is 18.4 Å². The van der Waals surface area contributed by atoms with Crippen LogP contribution in [0.1, 0.15) is 13.8 Å². The van der Waals surface area contributed by atoms with Gasteiger partial charge in [-0.05, 0) is 30.3 Å². The summed E-state index contributed by atoms with van der Waals surface area (Å²) in [4.78, 5) is 22.4. The Kier molecular flexibility index (Phi) is 8.74. The first kappa shape index (κ1) is 28.8. The van der Waals surface area contributed by atoms with Crippen LogP contribution in [0.2, 0.25) is 0 Å². The first-order valence-corrected chi connectivity index (χ1v) is 16.3.